The van der Waals surface area contributed by atoms with Crippen molar-refractivity contribution in [3.05, 3.63) is 76.0 Å². The largest absolute Gasteiger partial charge is 0.336 e. The van der Waals surface area contributed by atoms with E-state index in [-0.39, 0.29) is 17.3 Å². The summed E-state index contributed by atoms with van der Waals surface area (Å²) in [6.45, 7) is 0. The average Bonchev–Trinajstić information content (AvgIpc) is 3.19. The van der Waals surface area contributed by atoms with E-state index >= 15 is 0 Å². The highest BCUT2D eigenvalue weighted by atomic mass is 32.1. The summed E-state index contributed by atoms with van der Waals surface area (Å²) in [5.74, 6) is -0.00701. The summed E-state index contributed by atoms with van der Waals surface area (Å²) in [4.78, 5) is 33.1. The summed E-state index contributed by atoms with van der Waals surface area (Å²) in [5.41, 5.74) is 2.43. The topological polar surface area (TPSA) is 88.9 Å². The highest BCUT2D eigenvalue weighted by Gasteiger charge is 2.10. The first-order chi connectivity index (χ1) is 13.1. The Morgan fingerprint density at radius 1 is 1.11 bits per heavy atom. The Morgan fingerprint density at radius 3 is 2.63 bits per heavy atom. The Hall–Kier alpha value is -3.52. The third-order valence-corrected chi connectivity index (χ3v) is 4.73. The van der Waals surface area contributed by atoms with E-state index in [1.165, 1.54) is 11.3 Å². The molecule has 0 spiro atoms. The number of fused-ring (bicyclic) bond motifs is 1. The summed E-state index contributed by atoms with van der Waals surface area (Å²) in [7, 11) is 1.71. The molecule has 134 valence electrons. The van der Waals surface area contributed by atoms with E-state index in [1.807, 2.05) is 24.3 Å². The van der Waals surface area contributed by atoms with Crippen LogP contribution >= 0.6 is 11.3 Å². The van der Waals surface area contributed by atoms with Crippen molar-refractivity contribution in [3.63, 3.8) is 0 Å². The number of thiazole rings is 1. The molecule has 0 radical (unpaired) electrons. The number of carbonyl (C=O) groups is 1. The van der Waals surface area contributed by atoms with Crippen molar-refractivity contribution in [2.75, 3.05) is 10.6 Å². The maximum atomic E-state index is 12.5. The van der Waals surface area contributed by atoms with Gasteiger partial charge in [0, 0.05) is 29.9 Å². The van der Waals surface area contributed by atoms with Gasteiger partial charge in [0.05, 0.1) is 11.0 Å². The van der Waals surface area contributed by atoms with Gasteiger partial charge in [-0.15, -0.1) is 11.3 Å². The Bertz CT molecular complexity index is 1170. The number of benzene rings is 2. The lowest BCUT2D eigenvalue weighted by molar-refractivity contribution is 0.102. The van der Waals surface area contributed by atoms with Crippen molar-refractivity contribution in [3.8, 4) is 0 Å². The molecule has 0 fully saturated rings. The van der Waals surface area contributed by atoms with Gasteiger partial charge in [0.1, 0.15) is 0 Å². The minimum atomic E-state index is -0.240. The Balaban J connectivity index is 1.57. The molecule has 27 heavy (non-hydrogen) atoms. The van der Waals surface area contributed by atoms with Gasteiger partial charge in [0.2, 0.25) is 0 Å². The zero-order valence-corrected chi connectivity index (χ0v) is 15.2. The highest BCUT2D eigenvalue weighted by Crippen LogP contribution is 2.17. The summed E-state index contributed by atoms with van der Waals surface area (Å²) in [6, 6.07) is 14.3. The number of rotatable bonds is 4. The van der Waals surface area contributed by atoms with Crippen LogP contribution in [-0.4, -0.2) is 20.4 Å². The SMILES string of the molecule is Cn1c(=O)c(Nc2ccc(C(=O)Nc3nccs3)cc2)nc2ccccc21. The minimum Gasteiger partial charge on any atom is -0.336 e. The molecule has 0 aliphatic carbocycles. The first-order valence-electron chi connectivity index (χ1n) is 8.15. The fourth-order valence-corrected chi connectivity index (χ4v) is 3.18. The molecule has 0 saturated heterocycles. The number of aromatic nitrogens is 3. The van der Waals surface area contributed by atoms with Gasteiger partial charge in [-0.1, -0.05) is 12.1 Å². The van der Waals surface area contributed by atoms with Crippen LogP contribution in [0.25, 0.3) is 11.0 Å². The number of hydrogen-bond acceptors (Lipinski definition) is 6. The van der Waals surface area contributed by atoms with Crippen LogP contribution in [0.5, 0.6) is 0 Å². The fraction of sp³-hybridized carbons (Fsp3) is 0.0526. The lowest BCUT2D eigenvalue weighted by Gasteiger charge is -2.10. The summed E-state index contributed by atoms with van der Waals surface area (Å²) in [5, 5.41) is 8.10. The molecule has 0 unspecified atom stereocenters. The average molecular weight is 377 g/mol. The normalized spacial score (nSPS) is 10.7. The van der Waals surface area contributed by atoms with Gasteiger partial charge in [-0.3, -0.25) is 14.9 Å². The number of hydrogen-bond donors (Lipinski definition) is 2. The van der Waals surface area contributed by atoms with E-state index in [0.29, 0.717) is 16.4 Å². The molecule has 1 amide bonds. The molecule has 2 heterocycles. The Morgan fingerprint density at radius 2 is 1.89 bits per heavy atom. The molecule has 4 rings (SSSR count). The summed E-state index contributed by atoms with van der Waals surface area (Å²) < 4.78 is 1.56. The molecule has 2 N–H and O–H groups in total. The predicted octanol–water partition coefficient (Wildman–Crippen LogP) is 3.39. The smallest absolute Gasteiger partial charge is 0.293 e. The van der Waals surface area contributed by atoms with Crippen molar-refractivity contribution < 1.29 is 4.79 Å². The monoisotopic (exact) mass is 377 g/mol. The molecule has 0 aliphatic rings. The van der Waals surface area contributed by atoms with Gasteiger partial charge in [-0.25, -0.2) is 9.97 Å². The third-order valence-electron chi connectivity index (χ3n) is 4.05. The van der Waals surface area contributed by atoms with Crippen LogP contribution in [-0.2, 0) is 7.05 Å². The van der Waals surface area contributed by atoms with Crippen LogP contribution in [0.1, 0.15) is 10.4 Å². The van der Waals surface area contributed by atoms with E-state index < -0.39 is 0 Å². The molecule has 7 nitrogen and oxygen atoms in total. The first kappa shape index (κ1) is 16.9. The van der Waals surface area contributed by atoms with Crippen LogP contribution in [0.2, 0.25) is 0 Å². The number of nitrogens with one attached hydrogen (secondary N) is 2. The van der Waals surface area contributed by atoms with Gasteiger partial charge in [-0.2, -0.15) is 0 Å². The molecule has 4 aromatic rings. The van der Waals surface area contributed by atoms with Crippen LogP contribution in [0, 0.1) is 0 Å². The quantitative estimate of drug-likeness (QED) is 0.569. The Labute approximate surface area is 158 Å². The van der Waals surface area contributed by atoms with E-state index in [1.54, 1.807) is 47.5 Å². The predicted molar refractivity (Wildman–Crippen MR) is 107 cm³/mol. The van der Waals surface area contributed by atoms with E-state index in [2.05, 4.69) is 20.6 Å². The molecule has 0 atom stereocenters. The lowest BCUT2D eigenvalue weighted by Crippen LogP contribution is -2.21. The van der Waals surface area contributed by atoms with E-state index in [9.17, 15) is 9.59 Å². The number of anilines is 3. The standard InChI is InChI=1S/C19H15N5O2S/c1-24-15-5-3-2-4-14(15)22-16(18(24)26)21-13-8-6-12(7-9-13)17(25)23-19-20-10-11-27-19/h2-11H,1H3,(H,21,22)(H,20,23,25). The van der Waals surface area contributed by atoms with Crippen molar-refractivity contribution in [1.29, 1.82) is 0 Å². The second-order valence-corrected chi connectivity index (χ2v) is 6.70. The number of carbonyl (C=O) groups excluding carboxylic acids is 1. The van der Waals surface area contributed by atoms with Crippen LogP contribution in [0.4, 0.5) is 16.6 Å². The molecule has 8 heteroatoms. The van der Waals surface area contributed by atoms with Gasteiger partial charge < -0.3 is 9.88 Å². The van der Waals surface area contributed by atoms with Gasteiger partial charge in [0.15, 0.2) is 10.9 Å². The van der Waals surface area contributed by atoms with Crippen molar-refractivity contribution >= 4 is 44.9 Å². The third kappa shape index (κ3) is 3.42. The van der Waals surface area contributed by atoms with Crippen LogP contribution in [0.15, 0.2) is 64.9 Å². The second kappa shape index (κ2) is 7.00. The van der Waals surface area contributed by atoms with Crippen molar-refractivity contribution in [2.24, 2.45) is 7.05 Å². The summed E-state index contributed by atoms with van der Waals surface area (Å²) in [6.07, 6.45) is 1.63. The number of para-hydroxylation sites is 2. The zero-order chi connectivity index (χ0) is 18.8. The zero-order valence-electron chi connectivity index (χ0n) is 14.3. The Kier molecular flexibility index (Phi) is 4.39. The minimum absolute atomic E-state index is 0.223. The molecular formula is C19H15N5O2S. The second-order valence-electron chi connectivity index (χ2n) is 5.81. The van der Waals surface area contributed by atoms with Gasteiger partial charge >= 0.3 is 0 Å². The van der Waals surface area contributed by atoms with Gasteiger partial charge in [-0.05, 0) is 36.4 Å². The molecule has 0 aliphatic heterocycles. The summed E-state index contributed by atoms with van der Waals surface area (Å²) >= 11 is 1.35. The number of aryl methyl sites for hydroxylation is 1. The van der Waals surface area contributed by atoms with Crippen molar-refractivity contribution in [2.45, 2.75) is 0 Å². The van der Waals surface area contributed by atoms with Crippen LogP contribution in [0.3, 0.4) is 0 Å². The molecule has 0 bridgehead atoms. The van der Waals surface area contributed by atoms with Gasteiger partial charge in [0.25, 0.3) is 11.5 Å². The van der Waals surface area contributed by atoms with E-state index in [0.717, 1.165) is 11.0 Å². The molecule has 0 saturated carbocycles. The molecular weight excluding hydrogens is 362 g/mol. The molecule has 2 aromatic heterocycles. The number of nitrogens with zero attached hydrogens (tertiary/aromatic N) is 3. The number of amides is 1. The van der Waals surface area contributed by atoms with E-state index in [4.69, 9.17) is 0 Å². The first-order valence-corrected chi connectivity index (χ1v) is 9.03. The fourth-order valence-electron chi connectivity index (χ4n) is 2.66. The maximum absolute atomic E-state index is 12.5. The van der Waals surface area contributed by atoms with Crippen molar-refractivity contribution in [1.82, 2.24) is 14.5 Å². The lowest BCUT2D eigenvalue weighted by atomic mass is 10.2. The highest BCUT2D eigenvalue weighted by molar-refractivity contribution is 7.13. The van der Waals surface area contributed by atoms with Crippen LogP contribution < -0.4 is 16.2 Å². The molecule has 2 aromatic carbocycles. The maximum Gasteiger partial charge on any atom is 0.293 e.